The van der Waals surface area contributed by atoms with Gasteiger partial charge in [-0.1, -0.05) is 62.4 Å². The zero-order chi connectivity index (χ0) is 21.9. The largest absolute Gasteiger partial charge is 0.354 e. The average Bonchev–Trinajstić information content (AvgIpc) is 2.93. The lowest BCUT2D eigenvalue weighted by atomic mass is 9.90. The minimum Gasteiger partial charge on any atom is -0.354 e. The van der Waals surface area contributed by atoms with Crippen molar-refractivity contribution in [1.82, 2.24) is 15.5 Å². The summed E-state index contributed by atoms with van der Waals surface area (Å²) in [6, 6.07) is 15.1. The summed E-state index contributed by atoms with van der Waals surface area (Å²) in [5.41, 5.74) is 3.01. The van der Waals surface area contributed by atoms with E-state index in [0.29, 0.717) is 24.4 Å². The first-order valence-electron chi connectivity index (χ1n) is 10.3. The van der Waals surface area contributed by atoms with E-state index in [1.807, 2.05) is 55.5 Å². The van der Waals surface area contributed by atoms with Crippen molar-refractivity contribution in [2.24, 2.45) is 0 Å². The quantitative estimate of drug-likeness (QED) is 0.692. The third-order valence-electron chi connectivity index (χ3n) is 5.71. The van der Waals surface area contributed by atoms with Gasteiger partial charge in [-0.15, -0.1) is 0 Å². The van der Waals surface area contributed by atoms with Crippen molar-refractivity contribution >= 4 is 17.8 Å². The number of hydrogen-bond donors (Lipinski definition) is 2. The Balaban J connectivity index is 1.61. The van der Waals surface area contributed by atoms with Crippen LogP contribution in [0.15, 0.2) is 48.5 Å². The van der Waals surface area contributed by atoms with Crippen LogP contribution in [-0.2, 0) is 21.5 Å². The molecule has 0 aliphatic carbocycles. The number of rotatable bonds is 7. The van der Waals surface area contributed by atoms with Crippen molar-refractivity contribution in [3.63, 3.8) is 0 Å². The molecule has 1 atom stereocenters. The number of amides is 4. The minimum atomic E-state index is -1.17. The Hall–Kier alpha value is -3.15. The third-order valence-corrected chi connectivity index (χ3v) is 5.71. The van der Waals surface area contributed by atoms with Crippen LogP contribution in [0.25, 0.3) is 0 Å². The molecule has 1 saturated heterocycles. The van der Waals surface area contributed by atoms with Gasteiger partial charge in [0.05, 0.1) is 0 Å². The molecule has 0 bridgehead atoms. The van der Waals surface area contributed by atoms with Gasteiger partial charge in [0, 0.05) is 6.54 Å². The van der Waals surface area contributed by atoms with Crippen molar-refractivity contribution in [1.29, 1.82) is 0 Å². The van der Waals surface area contributed by atoms with Crippen LogP contribution < -0.4 is 10.6 Å². The van der Waals surface area contributed by atoms with Crippen molar-refractivity contribution in [2.75, 3.05) is 13.1 Å². The van der Waals surface area contributed by atoms with Gasteiger partial charge in [0.2, 0.25) is 5.91 Å². The van der Waals surface area contributed by atoms with Crippen molar-refractivity contribution in [3.8, 4) is 0 Å². The molecule has 30 heavy (non-hydrogen) atoms. The highest BCUT2D eigenvalue weighted by molar-refractivity contribution is 6.09. The first-order valence-corrected chi connectivity index (χ1v) is 10.3. The number of urea groups is 1. The highest BCUT2D eigenvalue weighted by Gasteiger charge is 2.49. The lowest BCUT2D eigenvalue weighted by Crippen LogP contribution is -2.43. The fourth-order valence-electron chi connectivity index (χ4n) is 3.66. The number of nitrogens with one attached hydrogen (secondary N) is 2. The monoisotopic (exact) mass is 407 g/mol. The van der Waals surface area contributed by atoms with Gasteiger partial charge in [0.15, 0.2) is 0 Å². The summed E-state index contributed by atoms with van der Waals surface area (Å²) in [7, 11) is 0. The summed E-state index contributed by atoms with van der Waals surface area (Å²) in [5.74, 6) is -0.397. The highest BCUT2D eigenvalue weighted by Crippen LogP contribution is 2.29. The van der Waals surface area contributed by atoms with Crippen LogP contribution >= 0.6 is 0 Å². The molecule has 0 aromatic heterocycles. The van der Waals surface area contributed by atoms with Crippen LogP contribution in [0.5, 0.6) is 0 Å². The first kappa shape index (κ1) is 21.6. The predicted molar refractivity (Wildman–Crippen MR) is 116 cm³/mol. The topological polar surface area (TPSA) is 78.5 Å². The molecule has 1 heterocycles. The predicted octanol–water partition coefficient (Wildman–Crippen LogP) is 3.24. The number of carbonyl (C=O) groups is 3. The Morgan fingerprint density at radius 3 is 2.40 bits per heavy atom. The minimum absolute atomic E-state index is 0.294. The van der Waals surface area contributed by atoms with Crippen molar-refractivity contribution < 1.29 is 14.4 Å². The fourth-order valence-corrected chi connectivity index (χ4v) is 3.66. The number of hydrogen-bond acceptors (Lipinski definition) is 3. The second kappa shape index (κ2) is 8.69. The molecule has 3 rings (SSSR count). The van der Waals surface area contributed by atoms with Crippen molar-refractivity contribution in [3.05, 3.63) is 70.8 Å². The Bertz CT molecular complexity index is 952. The van der Waals surface area contributed by atoms with Crippen molar-refractivity contribution in [2.45, 2.75) is 45.6 Å². The summed E-state index contributed by atoms with van der Waals surface area (Å²) in [6.45, 7) is 8.04. The number of carbonyl (C=O) groups excluding carboxylic acids is 3. The average molecular weight is 408 g/mol. The molecule has 6 nitrogen and oxygen atoms in total. The zero-order valence-electron chi connectivity index (χ0n) is 18.0. The van der Waals surface area contributed by atoms with Crippen LogP contribution in [0.1, 0.15) is 48.9 Å². The standard InChI is InChI=1S/C24H29N3O3/c1-16(2)18-9-11-20(12-10-18)24(4)22(29)27(23(30)26-24)15-21(28)25-14-13-19-8-6-5-7-17(19)3/h5-12,16H,13-15H2,1-4H3,(H,25,28)(H,26,30)/t24-/m1/s1. The molecule has 2 aromatic carbocycles. The summed E-state index contributed by atoms with van der Waals surface area (Å²) < 4.78 is 0. The van der Waals surface area contributed by atoms with E-state index in [2.05, 4.69) is 24.5 Å². The van der Waals surface area contributed by atoms with Gasteiger partial charge in [-0.25, -0.2) is 4.79 Å². The van der Waals surface area contributed by atoms with Gasteiger partial charge in [-0.3, -0.25) is 14.5 Å². The maximum absolute atomic E-state index is 13.0. The van der Waals surface area contributed by atoms with Gasteiger partial charge in [0.1, 0.15) is 12.1 Å². The third kappa shape index (κ3) is 4.37. The van der Waals surface area contributed by atoms with Crippen LogP contribution in [-0.4, -0.2) is 35.8 Å². The molecule has 2 N–H and O–H groups in total. The fraction of sp³-hybridized carbons (Fsp3) is 0.375. The Morgan fingerprint density at radius 2 is 1.77 bits per heavy atom. The van der Waals surface area contributed by atoms with Crippen LogP contribution in [0.2, 0.25) is 0 Å². The van der Waals surface area contributed by atoms with E-state index >= 15 is 0 Å². The molecular weight excluding hydrogens is 378 g/mol. The number of nitrogens with zero attached hydrogens (tertiary/aromatic N) is 1. The van der Waals surface area contributed by atoms with E-state index < -0.39 is 17.5 Å². The number of benzene rings is 2. The SMILES string of the molecule is Cc1ccccc1CCNC(=O)CN1C(=O)N[C@](C)(c2ccc(C(C)C)cc2)C1=O. The van der Waals surface area contributed by atoms with E-state index in [1.165, 1.54) is 5.56 Å². The molecule has 158 valence electrons. The van der Waals surface area contributed by atoms with Gasteiger partial charge in [0.25, 0.3) is 5.91 Å². The van der Waals surface area contributed by atoms with Gasteiger partial charge in [-0.2, -0.15) is 0 Å². The molecule has 1 aliphatic heterocycles. The Morgan fingerprint density at radius 1 is 1.10 bits per heavy atom. The molecule has 0 radical (unpaired) electrons. The molecule has 0 unspecified atom stereocenters. The van der Waals surface area contributed by atoms with E-state index in [0.717, 1.165) is 16.0 Å². The smallest absolute Gasteiger partial charge is 0.325 e. The van der Waals surface area contributed by atoms with Gasteiger partial charge in [-0.05, 0) is 48.4 Å². The maximum Gasteiger partial charge on any atom is 0.325 e. The highest BCUT2D eigenvalue weighted by atomic mass is 16.2. The summed E-state index contributed by atoms with van der Waals surface area (Å²) in [6.07, 6.45) is 0.693. The molecule has 1 fully saturated rings. The normalized spacial score (nSPS) is 18.6. The zero-order valence-corrected chi connectivity index (χ0v) is 18.0. The van der Waals surface area contributed by atoms with Gasteiger partial charge < -0.3 is 10.6 Å². The number of imide groups is 1. The van der Waals surface area contributed by atoms with Crippen LogP contribution in [0.3, 0.4) is 0 Å². The summed E-state index contributed by atoms with van der Waals surface area (Å²) in [5, 5.41) is 5.55. The Kier molecular flexibility index (Phi) is 6.25. The maximum atomic E-state index is 13.0. The molecular formula is C24H29N3O3. The molecule has 0 saturated carbocycles. The summed E-state index contributed by atoms with van der Waals surface area (Å²) in [4.78, 5) is 38.8. The molecule has 6 heteroatoms. The summed E-state index contributed by atoms with van der Waals surface area (Å²) >= 11 is 0. The van der Waals surface area contributed by atoms with E-state index in [1.54, 1.807) is 6.92 Å². The van der Waals surface area contributed by atoms with E-state index in [4.69, 9.17) is 0 Å². The lowest BCUT2D eigenvalue weighted by molar-refractivity contribution is -0.134. The van der Waals surface area contributed by atoms with Crippen LogP contribution in [0, 0.1) is 6.92 Å². The molecule has 4 amide bonds. The van der Waals surface area contributed by atoms with E-state index in [9.17, 15) is 14.4 Å². The van der Waals surface area contributed by atoms with E-state index in [-0.39, 0.29) is 12.5 Å². The molecule has 2 aromatic rings. The van der Waals surface area contributed by atoms with Crippen LogP contribution in [0.4, 0.5) is 4.79 Å². The Labute approximate surface area is 177 Å². The van der Waals surface area contributed by atoms with Gasteiger partial charge >= 0.3 is 6.03 Å². The number of aryl methyl sites for hydroxylation is 1. The molecule has 0 spiro atoms. The second-order valence-corrected chi connectivity index (χ2v) is 8.25. The lowest BCUT2D eigenvalue weighted by Gasteiger charge is -2.22. The first-order chi connectivity index (χ1) is 14.2. The second-order valence-electron chi connectivity index (χ2n) is 8.25. The molecule has 1 aliphatic rings.